The topological polar surface area (TPSA) is 117 Å². The van der Waals surface area contributed by atoms with E-state index in [1.165, 1.54) is 0 Å². The zero-order chi connectivity index (χ0) is 23.8. The summed E-state index contributed by atoms with van der Waals surface area (Å²) in [5.41, 5.74) is 0.547. The summed E-state index contributed by atoms with van der Waals surface area (Å²) in [7, 11) is 0. The fourth-order valence-corrected chi connectivity index (χ4v) is 4.20. The van der Waals surface area contributed by atoms with Gasteiger partial charge in [0.2, 0.25) is 0 Å². The fourth-order valence-electron chi connectivity index (χ4n) is 4.20. The van der Waals surface area contributed by atoms with Gasteiger partial charge in [0.25, 0.3) is 0 Å². The lowest BCUT2D eigenvalue weighted by Crippen LogP contribution is -2.46. The maximum Gasteiger partial charge on any atom is 0.416 e. The molecule has 4 N–H and O–H groups in total. The average molecular weight is 466 g/mol. The summed E-state index contributed by atoms with van der Waals surface area (Å²) in [5, 5.41) is 23.9. The molecule has 1 fully saturated rings. The molecule has 0 saturated carbocycles. The molecule has 0 bridgehead atoms. The molecule has 2 aromatic carbocycles. The van der Waals surface area contributed by atoms with Crippen LogP contribution in [0.4, 0.5) is 29.3 Å². The SMILES string of the molecule is O=C(O)C[C@H]1C[C@@H]2c3cc(NC(=O)Nc4ccc(C(F)(F)F)cc4)ccc3O[C@@H]2[C@@H](CO)O1. The normalized spacial score (nSPS) is 23.8. The monoisotopic (exact) mass is 466 g/mol. The molecule has 33 heavy (non-hydrogen) atoms. The van der Waals surface area contributed by atoms with Crippen LogP contribution in [0.15, 0.2) is 42.5 Å². The van der Waals surface area contributed by atoms with Crippen molar-refractivity contribution in [3.8, 4) is 5.75 Å². The zero-order valence-corrected chi connectivity index (χ0v) is 17.1. The average Bonchev–Trinajstić information content (AvgIpc) is 3.10. The Kier molecular flexibility index (Phi) is 6.17. The Balaban J connectivity index is 1.45. The van der Waals surface area contributed by atoms with Gasteiger partial charge in [-0.05, 0) is 48.9 Å². The molecule has 4 rings (SSSR count). The van der Waals surface area contributed by atoms with Crippen molar-refractivity contribution >= 4 is 23.4 Å². The molecule has 176 valence electrons. The van der Waals surface area contributed by atoms with Crippen LogP contribution in [0.2, 0.25) is 0 Å². The van der Waals surface area contributed by atoms with Crippen LogP contribution < -0.4 is 15.4 Å². The number of hydrogen-bond acceptors (Lipinski definition) is 5. The highest BCUT2D eigenvalue weighted by atomic mass is 19.4. The van der Waals surface area contributed by atoms with E-state index in [-0.39, 0.29) is 24.6 Å². The smallest absolute Gasteiger partial charge is 0.416 e. The maximum absolute atomic E-state index is 12.7. The molecule has 2 aromatic rings. The standard InChI is InChI=1S/C22H21F3N2O6/c23-22(24,25)11-1-3-12(4-2-11)26-21(31)27-13-5-6-17-15(7-13)16-8-14(9-19(29)30)32-18(10-28)20(16)33-17/h1-7,14,16,18,20,28H,8-10H2,(H,29,30)(H2,26,27,31)/t14-,16-,18-,20+/m1/s1. The number of carboxylic acids is 1. The van der Waals surface area contributed by atoms with E-state index in [9.17, 15) is 27.9 Å². The van der Waals surface area contributed by atoms with E-state index in [1.54, 1.807) is 18.2 Å². The molecule has 4 atom stereocenters. The summed E-state index contributed by atoms with van der Waals surface area (Å²) in [6, 6.07) is 8.37. The predicted molar refractivity (Wildman–Crippen MR) is 110 cm³/mol. The minimum Gasteiger partial charge on any atom is -0.487 e. The van der Waals surface area contributed by atoms with Crippen molar-refractivity contribution in [2.45, 2.75) is 43.2 Å². The van der Waals surface area contributed by atoms with E-state index in [4.69, 9.17) is 14.6 Å². The number of hydrogen-bond donors (Lipinski definition) is 4. The Bertz CT molecular complexity index is 1040. The van der Waals surface area contributed by atoms with E-state index < -0.39 is 42.1 Å². The Morgan fingerprint density at radius 3 is 2.36 bits per heavy atom. The minimum atomic E-state index is -4.46. The molecule has 8 nitrogen and oxygen atoms in total. The zero-order valence-electron chi connectivity index (χ0n) is 17.1. The Labute approximate surface area is 186 Å². The predicted octanol–water partition coefficient (Wildman–Crippen LogP) is 3.82. The molecule has 2 aliphatic rings. The molecular weight excluding hydrogens is 445 g/mol. The summed E-state index contributed by atoms with van der Waals surface area (Å²) in [5.74, 6) is -0.684. The van der Waals surface area contributed by atoms with Gasteiger partial charge in [0.05, 0.1) is 24.7 Å². The number of urea groups is 1. The second-order valence-electron chi connectivity index (χ2n) is 7.91. The van der Waals surface area contributed by atoms with Crippen molar-refractivity contribution in [1.82, 2.24) is 0 Å². The number of anilines is 2. The van der Waals surface area contributed by atoms with Gasteiger partial charge in [-0.2, -0.15) is 13.2 Å². The molecule has 0 aromatic heterocycles. The van der Waals surface area contributed by atoms with Crippen molar-refractivity contribution in [2.75, 3.05) is 17.2 Å². The first kappa shape index (κ1) is 22.9. The third-order valence-electron chi connectivity index (χ3n) is 5.63. The molecule has 11 heteroatoms. The summed E-state index contributed by atoms with van der Waals surface area (Å²) in [6.45, 7) is -0.327. The number of rotatable bonds is 5. The number of ether oxygens (including phenoxy) is 2. The van der Waals surface area contributed by atoms with Crippen molar-refractivity contribution in [3.63, 3.8) is 0 Å². The summed E-state index contributed by atoms with van der Waals surface area (Å²) in [6.07, 6.45) is -6.04. The van der Waals surface area contributed by atoms with Gasteiger partial charge < -0.3 is 30.3 Å². The third-order valence-corrected chi connectivity index (χ3v) is 5.63. The van der Waals surface area contributed by atoms with Crippen molar-refractivity contribution < 1.29 is 42.4 Å². The second-order valence-corrected chi connectivity index (χ2v) is 7.91. The molecule has 2 aliphatic heterocycles. The van der Waals surface area contributed by atoms with E-state index in [0.717, 1.165) is 29.8 Å². The Morgan fingerprint density at radius 2 is 1.73 bits per heavy atom. The van der Waals surface area contributed by atoms with Crippen LogP contribution in [0.3, 0.4) is 0 Å². The van der Waals surface area contributed by atoms with E-state index >= 15 is 0 Å². The number of aliphatic hydroxyl groups is 1. The van der Waals surface area contributed by atoms with Crippen LogP contribution in [-0.4, -0.2) is 47.1 Å². The molecule has 1 saturated heterocycles. The Morgan fingerprint density at radius 1 is 1.06 bits per heavy atom. The fraction of sp³-hybridized carbons (Fsp3) is 0.364. The van der Waals surface area contributed by atoms with Gasteiger partial charge in [0, 0.05) is 22.9 Å². The van der Waals surface area contributed by atoms with Gasteiger partial charge in [0.1, 0.15) is 18.0 Å². The lowest BCUT2D eigenvalue weighted by atomic mass is 9.84. The highest BCUT2D eigenvalue weighted by Crippen LogP contribution is 2.47. The number of aliphatic carboxylic acids is 1. The number of aliphatic hydroxyl groups excluding tert-OH is 1. The molecule has 0 aliphatic carbocycles. The van der Waals surface area contributed by atoms with Gasteiger partial charge in [-0.15, -0.1) is 0 Å². The first-order chi connectivity index (χ1) is 15.6. The van der Waals surface area contributed by atoms with Gasteiger partial charge in [-0.1, -0.05) is 0 Å². The van der Waals surface area contributed by atoms with Gasteiger partial charge in [-0.3, -0.25) is 4.79 Å². The van der Waals surface area contributed by atoms with E-state index in [2.05, 4.69) is 10.6 Å². The summed E-state index contributed by atoms with van der Waals surface area (Å²) < 4.78 is 49.6. The van der Waals surface area contributed by atoms with Gasteiger partial charge in [-0.25, -0.2) is 4.79 Å². The third kappa shape index (κ3) is 5.04. The molecule has 0 unspecified atom stereocenters. The van der Waals surface area contributed by atoms with Crippen molar-refractivity contribution in [2.24, 2.45) is 0 Å². The van der Waals surface area contributed by atoms with Crippen molar-refractivity contribution in [1.29, 1.82) is 0 Å². The van der Waals surface area contributed by atoms with Gasteiger partial charge >= 0.3 is 18.2 Å². The quantitative estimate of drug-likeness (QED) is 0.532. The van der Waals surface area contributed by atoms with Crippen LogP contribution in [-0.2, 0) is 15.7 Å². The molecule has 0 radical (unpaired) electrons. The molecular formula is C22H21F3N2O6. The minimum absolute atomic E-state index is 0.191. The Hall–Kier alpha value is -3.31. The van der Waals surface area contributed by atoms with Crippen molar-refractivity contribution in [3.05, 3.63) is 53.6 Å². The number of carboxylic acid groups (broad SMARTS) is 1. The lowest BCUT2D eigenvalue weighted by Gasteiger charge is -2.36. The number of benzene rings is 2. The van der Waals surface area contributed by atoms with E-state index in [0.29, 0.717) is 17.9 Å². The van der Waals surface area contributed by atoms with Gasteiger partial charge in [0.15, 0.2) is 0 Å². The highest BCUT2D eigenvalue weighted by Gasteiger charge is 2.46. The van der Waals surface area contributed by atoms with Crippen LogP contribution in [0.5, 0.6) is 5.75 Å². The number of carbonyl (C=O) groups is 2. The molecule has 2 amide bonds. The number of halogens is 3. The van der Waals surface area contributed by atoms with E-state index in [1.807, 2.05) is 0 Å². The maximum atomic E-state index is 12.7. The molecule has 2 heterocycles. The number of carbonyl (C=O) groups excluding carboxylic acids is 1. The number of alkyl halides is 3. The largest absolute Gasteiger partial charge is 0.487 e. The second kappa shape index (κ2) is 8.91. The first-order valence-corrected chi connectivity index (χ1v) is 10.2. The highest BCUT2D eigenvalue weighted by molar-refractivity contribution is 5.99. The lowest BCUT2D eigenvalue weighted by molar-refractivity contribution is -0.153. The first-order valence-electron chi connectivity index (χ1n) is 10.2. The number of fused-ring (bicyclic) bond motifs is 3. The molecule has 0 spiro atoms. The number of amides is 2. The van der Waals surface area contributed by atoms with Crippen LogP contribution in [0.25, 0.3) is 0 Å². The summed E-state index contributed by atoms with van der Waals surface area (Å²) in [4.78, 5) is 23.4. The number of nitrogens with one attached hydrogen (secondary N) is 2. The van der Waals surface area contributed by atoms with Crippen LogP contribution in [0.1, 0.15) is 29.9 Å². The van der Waals surface area contributed by atoms with Crippen LogP contribution >= 0.6 is 0 Å². The summed E-state index contributed by atoms with van der Waals surface area (Å²) >= 11 is 0. The van der Waals surface area contributed by atoms with Crippen LogP contribution in [0, 0.1) is 0 Å².